The van der Waals surface area contributed by atoms with E-state index in [1.807, 2.05) is 0 Å². The topological polar surface area (TPSA) is 65.1 Å². The zero-order valence-corrected chi connectivity index (χ0v) is 14.3. The van der Waals surface area contributed by atoms with E-state index in [0.717, 1.165) is 4.31 Å². The highest BCUT2D eigenvalue weighted by Gasteiger charge is 2.27. The molecule has 0 N–H and O–H groups in total. The number of sulfonamides is 1. The molecule has 124 valence electrons. The van der Waals surface area contributed by atoms with Crippen molar-refractivity contribution in [2.24, 2.45) is 0 Å². The summed E-state index contributed by atoms with van der Waals surface area (Å²) in [5, 5.41) is 0. The molecule has 2 aromatic carbocycles. The molecule has 0 aliphatic carbocycles. The van der Waals surface area contributed by atoms with Gasteiger partial charge in [-0.15, -0.1) is 0 Å². The van der Waals surface area contributed by atoms with Gasteiger partial charge in [0, 0.05) is 13.1 Å². The number of benzene rings is 2. The fourth-order valence-corrected chi connectivity index (χ4v) is 3.53. The van der Waals surface area contributed by atoms with Crippen molar-refractivity contribution in [3.05, 3.63) is 42.5 Å². The van der Waals surface area contributed by atoms with Crippen LogP contribution in [0.4, 0.5) is 5.69 Å². The monoisotopic (exact) mass is 337 g/mol. The van der Waals surface area contributed by atoms with Gasteiger partial charge in [0.25, 0.3) is 10.0 Å². The maximum absolute atomic E-state index is 13.0. The lowest BCUT2D eigenvalue weighted by Gasteiger charge is -2.22. The average Bonchev–Trinajstić information content (AvgIpc) is 2.60. The summed E-state index contributed by atoms with van der Waals surface area (Å²) in [7, 11) is 2.00. The van der Waals surface area contributed by atoms with Crippen LogP contribution in [0.1, 0.15) is 0 Å². The van der Waals surface area contributed by atoms with Gasteiger partial charge in [0.1, 0.15) is 22.1 Å². The Hall–Kier alpha value is -2.41. The Labute approximate surface area is 136 Å². The molecule has 2 rings (SSSR count). The van der Waals surface area contributed by atoms with Crippen molar-refractivity contribution >= 4 is 15.7 Å². The molecule has 0 aliphatic rings. The zero-order valence-electron chi connectivity index (χ0n) is 13.4. The quantitative estimate of drug-likeness (QED) is 0.810. The van der Waals surface area contributed by atoms with Gasteiger partial charge in [-0.25, -0.2) is 8.42 Å². The van der Waals surface area contributed by atoms with E-state index >= 15 is 0 Å². The van der Waals surface area contributed by atoms with Crippen LogP contribution in [0.25, 0.3) is 0 Å². The van der Waals surface area contributed by atoms with Gasteiger partial charge in [-0.05, 0) is 24.3 Å². The highest BCUT2D eigenvalue weighted by Crippen LogP contribution is 2.35. The number of rotatable bonds is 6. The maximum atomic E-state index is 13.0. The number of para-hydroxylation sites is 2. The molecule has 0 heterocycles. The summed E-state index contributed by atoms with van der Waals surface area (Å²) >= 11 is 0. The van der Waals surface area contributed by atoms with Gasteiger partial charge in [0.2, 0.25) is 0 Å². The lowest BCUT2D eigenvalue weighted by molar-refractivity contribution is 0.392. The molecule has 2 aromatic rings. The number of anilines is 1. The van der Waals surface area contributed by atoms with Crippen molar-refractivity contribution in [2.45, 2.75) is 4.90 Å². The molecule has 6 nitrogen and oxygen atoms in total. The smallest absolute Gasteiger partial charge is 0.268 e. The Morgan fingerprint density at radius 2 is 1.52 bits per heavy atom. The standard InChI is InChI=1S/C16H19NO5S/c1-17(13-7-5-6-8-14(13)21-3)23(18,19)16-11-12(20-2)9-10-15(16)22-4/h5-11H,1-4H3. The molecule has 0 atom stereocenters. The first-order valence-electron chi connectivity index (χ1n) is 6.79. The molecule has 0 aliphatic heterocycles. The van der Waals surface area contributed by atoms with Crippen LogP contribution in [0.5, 0.6) is 17.2 Å². The number of hydrogen-bond acceptors (Lipinski definition) is 5. The molecule has 0 unspecified atom stereocenters. The molecular weight excluding hydrogens is 318 g/mol. The third kappa shape index (κ3) is 3.19. The van der Waals surface area contributed by atoms with E-state index in [-0.39, 0.29) is 10.6 Å². The van der Waals surface area contributed by atoms with Crippen LogP contribution >= 0.6 is 0 Å². The van der Waals surface area contributed by atoms with Crippen LogP contribution in [0, 0.1) is 0 Å². The molecular formula is C16H19NO5S. The molecule has 0 fully saturated rings. The summed E-state index contributed by atoms with van der Waals surface area (Å²) in [6.45, 7) is 0. The van der Waals surface area contributed by atoms with Gasteiger partial charge in [-0.2, -0.15) is 0 Å². The molecule has 0 amide bonds. The van der Waals surface area contributed by atoms with Crippen molar-refractivity contribution < 1.29 is 22.6 Å². The Morgan fingerprint density at radius 3 is 2.13 bits per heavy atom. The lowest BCUT2D eigenvalue weighted by atomic mass is 10.3. The highest BCUT2D eigenvalue weighted by molar-refractivity contribution is 7.93. The Balaban J connectivity index is 2.57. The van der Waals surface area contributed by atoms with Crippen LogP contribution < -0.4 is 18.5 Å². The Morgan fingerprint density at radius 1 is 0.870 bits per heavy atom. The van der Waals surface area contributed by atoms with E-state index in [1.165, 1.54) is 34.4 Å². The minimum Gasteiger partial charge on any atom is -0.497 e. The Kier molecular flexibility index (Phi) is 5.00. The second-order valence-electron chi connectivity index (χ2n) is 4.66. The Bertz CT molecular complexity index is 789. The van der Waals surface area contributed by atoms with E-state index < -0.39 is 10.0 Å². The molecule has 23 heavy (non-hydrogen) atoms. The minimum absolute atomic E-state index is 0.0211. The SMILES string of the molecule is COc1ccc(OC)c(S(=O)(=O)N(C)c2ccccc2OC)c1. The average molecular weight is 337 g/mol. The van der Waals surface area contributed by atoms with Crippen molar-refractivity contribution in [1.29, 1.82) is 0 Å². The van der Waals surface area contributed by atoms with E-state index in [9.17, 15) is 8.42 Å². The van der Waals surface area contributed by atoms with Gasteiger partial charge < -0.3 is 14.2 Å². The molecule has 0 aromatic heterocycles. The van der Waals surface area contributed by atoms with E-state index in [1.54, 1.807) is 36.4 Å². The molecule has 0 spiro atoms. The van der Waals surface area contributed by atoms with Gasteiger partial charge >= 0.3 is 0 Å². The van der Waals surface area contributed by atoms with Crippen molar-refractivity contribution in [2.75, 3.05) is 32.7 Å². The first kappa shape index (κ1) is 17.0. The van der Waals surface area contributed by atoms with Crippen LogP contribution in [0.3, 0.4) is 0 Å². The molecule has 0 bridgehead atoms. The highest BCUT2D eigenvalue weighted by atomic mass is 32.2. The van der Waals surface area contributed by atoms with Gasteiger partial charge in [0.05, 0.1) is 27.0 Å². The first-order chi connectivity index (χ1) is 11.0. The van der Waals surface area contributed by atoms with Gasteiger partial charge in [-0.3, -0.25) is 4.31 Å². The number of hydrogen-bond donors (Lipinski definition) is 0. The summed E-state index contributed by atoms with van der Waals surface area (Å²) in [5.41, 5.74) is 0.430. The summed E-state index contributed by atoms with van der Waals surface area (Å²) in [5.74, 6) is 1.13. The molecule has 0 radical (unpaired) electrons. The van der Waals surface area contributed by atoms with Crippen molar-refractivity contribution in [3.8, 4) is 17.2 Å². The number of ether oxygens (including phenoxy) is 3. The summed E-state index contributed by atoms with van der Waals surface area (Å²) in [6.07, 6.45) is 0. The lowest BCUT2D eigenvalue weighted by Crippen LogP contribution is -2.27. The predicted octanol–water partition coefficient (Wildman–Crippen LogP) is 2.54. The van der Waals surface area contributed by atoms with Crippen LogP contribution in [0.15, 0.2) is 47.4 Å². The van der Waals surface area contributed by atoms with Crippen LogP contribution in [0.2, 0.25) is 0 Å². The number of nitrogens with zero attached hydrogens (tertiary/aromatic N) is 1. The van der Waals surface area contributed by atoms with E-state index in [0.29, 0.717) is 17.2 Å². The van der Waals surface area contributed by atoms with E-state index in [2.05, 4.69) is 0 Å². The molecule has 0 saturated carbocycles. The van der Waals surface area contributed by atoms with Crippen LogP contribution in [-0.4, -0.2) is 36.8 Å². The summed E-state index contributed by atoms with van der Waals surface area (Å²) in [4.78, 5) is 0.0211. The third-order valence-electron chi connectivity index (χ3n) is 3.43. The zero-order chi connectivity index (χ0) is 17.0. The van der Waals surface area contributed by atoms with E-state index in [4.69, 9.17) is 14.2 Å². The fraction of sp³-hybridized carbons (Fsp3) is 0.250. The third-order valence-corrected chi connectivity index (χ3v) is 5.23. The second-order valence-corrected chi connectivity index (χ2v) is 6.60. The van der Waals surface area contributed by atoms with Gasteiger partial charge in [0.15, 0.2) is 0 Å². The normalized spacial score (nSPS) is 11.0. The summed E-state index contributed by atoms with van der Waals surface area (Å²) < 4.78 is 42.7. The molecule has 0 saturated heterocycles. The van der Waals surface area contributed by atoms with Crippen LogP contribution in [-0.2, 0) is 10.0 Å². The number of methoxy groups -OCH3 is 3. The first-order valence-corrected chi connectivity index (χ1v) is 8.23. The van der Waals surface area contributed by atoms with Crippen molar-refractivity contribution in [1.82, 2.24) is 0 Å². The summed E-state index contributed by atoms with van der Waals surface area (Å²) in [6, 6.07) is 11.5. The minimum atomic E-state index is -3.85. The largest absolute Gasteiger partial charge is 0.497 e. The maximum Gasteiger partial charge on any atom is 0.268 e. The predicted molar refractivity (Wildman–Crippen MR) is 88.1 cm³/mol. The fourth-order valence-electron chi connectivity index (χ4n) is 2.15. The van der Waals surface area contributed by atoms with Gasteiger partial charge in [-0.1, -0.05) is 12.1 Å². The second kappa shape index (κ2) is 6.78. The van der Waals surface area contributed by atoms with Crippen molar-refractivity contribution in [3.63, 3.8) is 0 Å². The molecule has 7 heteroatoms.